The summed E-state index contributed by atoms with van der Waals surface area (Å²) in [5.41, 5.74) is 1.93. The number of likely N-dealkylation sites (tertiary alicyclic amines) is 1. The first kappa shape index (κ1) is 21.0. The molecular formula is C22H30N4O3. The van der Waals surface area contributed by atoms with Crippen molar-refractivity contribution in [1.29, 1.82) is 0 Å². The second kappa shape index (κ2) is 9.20. The Labute approximate surface area is 172 Å². The van der Waals surface area contributed by atoms with E-state index in [9.17, 15) is 9.59 Å². The zero-order chi connectivity index (χ0) is 20.9. The molecule has 1 aliphatic rings. The Morgan fingerprint density at radius 3 is 2.69 bits per heavy atom. The van der Waals surface area contributed by atoms with E-state index in [0.29, 0.717) is 31.0 Å². The number of hydrogen-bond donors (Lipinski definition) is 0. The topological polar surface area (TPSA) is 79.5 Å². The molecule has 7 nitrogen and oxygen atoms in total. The number of nitrogens with zero attached hydrogens (tertiary/aromatic N) is 4. The van der Waals surface area contributed by atoms with E-state index in [2.05, 4.69) is 27.1 Å². The van der Waals surface area contributed by atoms with Crippen LogP contribution < -0.4 is 0 Å². The van der Waals surface area contributed by atoms with Gasteiger partial charge in [0.05, 0.1) is 11.8 Å². The summed E-state index contributed by atoms with van der Waals surface area (Å²) >= 11 is 0. The van der Waals surface area contributed by atoms with Gasteiger partial charge in [-0.05, 0) is 45.1 Å². The second-order valence-electron chi connectivity index (χ2n) is 8.27. The maximum absolute atomic E-state index is 13.2. The Morgan fingerprint density at radius 2 is 2.00 bits per heavy atom. The van der Waals surface area contributed by atoms with Crippen molar-refractivity contribution >= 4 is 11.8 Å². The van der Waals surface area contributed by atoms with E-state index in [1.807, 2.05) is 37.1 Å². The summed E-state index contributed by atoms with van der Waals surface area (Å²) in [6.45, 7) is 5.57. The fourth-order valence-electron chi connectivity index (χ4n) is 4.02. The van der Waals surface area contributed by atoms with Crippen LogP contribution in [0.1, 0.15) is 43.1 Å². The zero-order valence-electron chi connectivity index (χ0n) is 17.6. The van der Waals surface area contributed by atoms with Crippen LogP contribution >= 0.6 is 0 Å². The van der Waals surface area contributed by atoms with E-state index in [-0.39, 0.29) is 18.2 Å². The molecule has 3 rings (SSSR count). The third kappa shape index (κ3) is 5.22. The summed E-state index contributed by atoms with van der Waals surface area (Å²) in [6.07, 6.45) is 3.64. The minimum atomic E-state index is -0.549. The SMILES string of the molecule is Cc1nonc1CC(=O)N1CCCC(C)(C(=O)N(C)CCCc2ccccc2)C1. The van der Waals surface area contributed by atoms with Crippen molar-refractivity contribution < 1.29 is 14.2 Å². The number of hydrogen-bond acceptors (Lipinski definition) is 5. The lowest BCUT2D eigenvalue weighted by molar-refractivity contribution is -0.146. The highest BCUT2D eigenvalue weighted by molar-refractivity contribution is 5.84. The monoisotopic (exact) mass is 398 g/mol. The van der Waals surface area contributed by atoms with Crippen molar-refractivity contribution in [2.45, 2.75) is 46.0 Å². The Kier molecular flexibility index (Phi) is 6.67. The molecule has 2 heterocycles. The first-order valence-corrected chi connectivity index (χ1v) is 10.2. The maximum Gasteiger partial charge on any atom is 0.230 e. The number of aromatic nitrogens is 2. The molecule has 1 saturated heterocycles. The molecule has 7 heteroatoms. The molecule has 1 aromatic carbocycles. The van der Waals surface area contributed by atoms with Gasteiger partial charge in [0.2, 0.25) is 11.8 Å². The molecule has 0 saturated carbocycles. The Hall–Kier alpha value is -2.70. The number of benzene rings is 1. The summed E-state index contributed by atoms with van der Waals surface area (Å²) in [7, 11) is 1.86. The molecule has 1 aromatic heterocycles. The molecule has 0 radical (unpaired) electrons. The molecule has 0 spiro atoms. The van der Waals surface area contributed by atoms with Gasteiger partial charge >= 0.3 is 0 Å². The van der Waals surface area contributed by atoms with Gasteiger partial charge < -0.3 is 9.80 Å². The van der Waals surface area contributed by atoms with Crippen LogP contribution in [0.2, 0.25) is 0 Å². The quantitative estimate of drug-likeness (QED) is 0.716. The molecule has 1 fully saturated rings. The summed E-state index contributed by atoms with van der Waals surface area (Å²) < 4.78 is 4.68. The molecule has 156 valence electrons. The van der Waals surface area contributed by atoms with Gasteiger partial charge in [-0.25, -0.2) is 4.63 Å². The van der Waals surface area contributed by atoms with E-state index in [1.165, 1.54) is 5.56 Å². The van der Waals surface area contributed by atoms with Crippen LogP contribution in [-0.2, 0) is 22.4 Å². The molecule has 1 aliphatic heterocycles. The maximum atomic E-state index is 13.2. The number of amides is 2. The first-order valence-electron chi connectivity index (χ1n) is 10.2. The fraction of sp³-hybridized carbons (Fsp3) is 0.545. The summed E-state index contributed by atoms with van der Waals surface area (Å²) in [5, 5.41) is 7.53. The van der Waals surface area contributed by atoms with E-state index >= 15 is 0 Å². The van der Waals surface area contributed by atoms with E-state index in [4.69, 9.17) is 0 Å². The molecule has 0 bridgehead atoms. The molecule has 2 amide bonds. The minimum Gasteiger partial charge on any atom is -0.345 e. The number of carbonyl (C=O) groups is 2. The number of carbonyl (C=O) groups excluding carboxylic acids is 2. The van der Waals surface area contributed by atoms with Gasteiger partial charge in [0.25, 0.3) is 0 Å². The van der Waals surface area contributed by atoms with Crippen LogP contribution in [0.5, 0.6) is 0 Å². The predicted octanol–water partition coefficient (Wildman–Crippen LogP) is 2.64. The average Bonchev–Trinajstić information content (AvgIpc) is 3.12. The van der Waals surface area contributed by atoms with E-state index < -0.39 is 5.41 Å². The highest BCUT2D eigenvalue weighted by atomic mass is 16.6. The number of aryl methyl sites for hydroxylation is 2. The van der Waals surface area contributed by atoms with Crippen LogP contribution in [0.25, 0.3) is 0 Å². The molecule has 29 heavy (non-hydrogen) atoms. The van der Waals surface area contributed by atoms with E-state index in [0.717, 1.165) is 25.7 Å². The lowest BCUT2D eigenvalue weighted by atomic mass is 9.80. The molecule has 2 aromatic rings. The molecular weight excluding hydrogens is 368 g/mol. The lowest BCUT2D eigenvalue weighted by Crippen LogP contribution is -2.52. The van der Waals surface area contributed by atoms with Gasteiger partial charge in [-0.2, -0.15) is 0 Å². The molecule has 1 atom stereocenters. The molecule has 0 N–H and O–H groups in total. The van der Waals surface area contributed by atoms with Gasteiger partial charge in [-0.1, -0.05) is 40.6 Å². The van der Waals surface area contributed by atoms with Crippen molar-refractivity contribution in [3.8, 4) is 0 Å². The first-order chi connectivity index (χ1) is 13.9. The van der Waals surface area contributed by atoms with Crippen LogP contribution in [-0.4, -0.2) is 58.6 Å². The normalized spacial score (nSPS) is 19.2. The summed E-state index contributed by atoms with van der Waals surface area (Å²) in [4.78, 5) is 29.5. The van der Waals surface area contributed by atoms with Gasteiger partial charge in [0.15, 0.2) is 0 Å². The van der Waals surface area contributed by atoms with Gasteiger partial charge in [0, 0.05) is 26.7 Å². The van der Waals surface area contributed by atoms with Crippen LogP contribution in [0.15, 0.2) is 35.0 Å². The number of piperidine rings is 1. The molecule has 1 unspecified atom stereocenters. The zero-order valence-corrected chi connectivity index (χ0v) is 17.6. The van der Waals surface area contributed by atoms with Crippen molar-refractivity contribution in [3.63, 3.8) is 0 Å². The van der Waals surface area contributed by atoms with Crippen LogP contribution in [0.3, 0.4) is 0 Å². The Bertz CT molecular complexity index is 836. The highest BCUT2D eigenvalue weighted by Gasteiger charge is 2.40. The molecule has 0 aliphatic carbocycles. The highest BCUT2D eigenvalue weighted by Crippen LogP contribution is 2.32. The largest absolute Gasteiger partial charge is 0.345 e. The lowest BCUT2D eigenvalue weighted by Gasteiger charge is -2.41. The van der Waals surface area contributed by atoms with Crippen molar-refractivity contribution in [2.24, 2.45) is 5.41 Å². The Balaban J connectivity index is 1.54. The predicted molar refractivity (Wildman–Crippen MR) is 109 cm³/mol. The van der Waals surface area contributed by atoms with Crippen molar-refractivity contribution in [3.05, 3.63) is 47.3 Å². The van der Waals surface area contributed by atoms with Gasteiger partial charge in [-0.3, -0.25) is 9.59 Å². The third-order valence-corrected chi connectivity index (χ3v) is 5.78. The van der Waals surface area contributed by atoms with Crippen molar-refractivity contribution in [2.75, 3.05) is 26.7 Å². The minimum absolute atomic E-state index is 0.0331. The third-order valence-electron chi connectivity index (χ3n) is 5.78. The second-order valence-corrected chi connectivity index (χ2v) is 8.27. The number of rotatable bonds is 7. The smallest absolute Gasteiger partial charge is 0.230 e. The average molecular weight is 399 g/mol. The van der Waals surface area contributed by atoms with Crippen LogP contribution in [0.4, 0.5) is 0 Å². The summed E-state index contributed by atoms with van der Waals surface area (Å²) in [5.74, 6) is 0.0802. The van der Waals surface area contributed by atoms with E-state index in [1.54, 1.807) is 11.8 Å². The fourth-order valence-corrected chi connectivity index (χ4v) is 4.02. The van der Waals surface area contributed by atoms with Crippen LogP contribution in [0, 0.1) is 12.3 Å². The standard InChI is InChI=1S/C22H30N4O3/c1-17-19(24-29-23-17)15-20(27)26-14-8-12-22(2,16-26)21(28)25(3)13-7-11-18-9-5-4-6-10-18/h4-6,9-10H,7-8,11-16H2,1-3H3. The van der Waals surface area contributed by atoms with Gasteiger partial charge in [0.1, 0.15) is 11.4 Å². The Morgan fingerprint density at radius 1 is 1.24 bits per heavy atom. The van der Waals surface area contributed by atoms with Gasteiger partial charge in [-0.15, -0.1) is 0 Å². The summed E-state index contributed by atoms with van der Waals surface area (Å²) in [6, 6.07) is 10.3. The van der Waals surface area contributed by atoms with Crippen molar-refractivity contribution in [1.82, 2.24) is 20.1 Å².